The van der Waals surface area contributed by atoms with Crippen LogP contribution in [-0.4, -0.2) is 6.61 Å². The van der Waals surface area contributed by atoms with Crippen molar-refractivity contribution in [3.63, 3.8) is 0 Å². The second-order valence-electron chi connectivity index (χ2n) is 9.35. The number of halogens is 1. The van der Waals surface area contributed by atoms with Crippen molar-refractivity contribution >= 4 is 23.2 Å². The van der Waals surface area contributed by atoms with Crippen LogP contribution in [0.1, 0.15) is 51.0 Å². The van der Waals surface area contributed by atoms with Crippen LogP contribution in [0.4, 0.5) is 4.39 Å². The van der Waals surface area contributed by atoms with E-state index in [9.17, 15) is 0 Å². The lowest BCUT2D eigenvalue weighted by molar-refractivity contribution is 0.304. The Morgan fingerprint density at radius 2 is 1.25 bits per heavy atom. The van der Waals surface area contributed by atoms with Gasteiger partial charge in [0.15, 0.2) is 5.82 Å². The molecule has 0 amide bonds. The van der Waals surface area contributed by atoms with Crippen LogP contribution in [0.2, 0.25) is 0 Å². The van der Waals surface area contributed by atoms with Gasteiger partial charge in [-0.1, -0.05) is 99.7 Å². The smallest absolute Gasteiger partial charge is 0.166 e. The molecule has 1 nitrogen and oxygen atoms in total. The van der Waals surface area contributed by atoms with Crippen molar-refractivity contribution in [3.8, 4) is 5.75 Å². The van der Waals surface area contributed by atoms with E-state index in [1.807, 2.05) is 30.3 Å². The van der Waals surface area contributed by atoms with Crippen molar-refractivity contribution in [1.82, 2.24) is 0 Å². The third-order valence-corrected chi connectivity index (χ3v) is 11.1. The van der Waals surface area contributed by atoms with Crippen molar-refractivity contribution in [2.24, 2.45) is 0 Å². The van der Waals surface area contributed by atoms with Crippen LogP contribution in [0.5, 0.6) is 5.75 Å². The predicted molar refractivity (Wildman–Crippen MR) is 154 cm³/mol. The Morgan fingerprint density at radius 3 is 1.92 bits per heavy atom. The first-order chi connectivity index (χ1) is 17.7. The molecule has 0 saturated carbocycles. The molecule has 0 atom stereocenters. The van der Waals surface area contributed by atoms with Gasteiger partial charge in [0, 0.05) is 0 Å². The highest BCUT2D eigenvalue weighted by Gasteiger charge is 2.47. The number of ether oxygens (including phenoxy) is 1. The van der Waals surface area contributed by atoms with Crippen molar-refractivity contribution in [1.29, 1.82) is 0 Å². The summed E-state index contributed by atoms with van der Waals surface area (Å²) in [5.74, 6) is 0.753. The summed E-state index contributed by atoms with van der Waals surface area (Å²) in [6.07, 6.45) is 8.20. The second-order valence-corrected chi connectivity index (χ2v) is 12.8. The molecule has 0 aliphatic carbocycles. The molecule has 0 bridgehead atoms. The zero-order valence-corrected chi connectivity index (χ0v) is 22.2. The molecule has 0 aliphatic heterocycles. The highest BCUT2D eigenvalue weighted by molar-refractivity contribution is 7.95. The van der Waals surface area contributed by atoms with E-state index in [2.05, 4.69) is 73.7 Å². The van der Waals surface area contributed by atoms with Gasteiger partial charge in [-0.05, 0) is 60.5 Å². The van der Waals surface area contributed by atoms with E-state index in [0.717, 1.165) is 30.2 Å². The Kier molecular flexibility index (Phi) is 9.70. The summed E-state index contributed by atoms with van der Waals surface area (Å²) in [6, 6.07) is 36.7. The first-order valence-electron chi connectivity index (χ1n) is 13.2. The monoisotopic (exact) mass is 499 g/mol. The highest BCUT2D eigenvalue weighted by Crippen LogP contribution is 2.58. The molecule has 3 heteroatoms. The Morgan fingerprint density at radius 1 is 0.639 bits per heavy atom. The maximum absolute atomic E-state index is 15.6. The molecule has 186 valence electrons. The summed E-state index contributed by atoms with van der Waals surface area (Å²) in [5.41, 5.74) is 1.17. The average molecular weight is 500 g/mol. The summed E-state index contributed by atoms with van der Waals surface area (Å²) >= 11 is 0. The molecule has 0 aromatic heterocycles. The third kappa shape index (κ3) is 6.42. The van der Waals surface area contributed by atoms with Crippen LogP contribution in [0.15, 0.2) is 109 Å². The minimum absolute atomic E-state index is 0.144. The van der Waals surface area contributed by atoms with Crippen LogP contribution >= 0.6 is 7.26 Å². The quantitative estimate of drug-likeness (QED) is 0.134. The maximum atomic E-state index is 15.6. The number of hydrogen-bond acceptors (Lipinski definition) is 1. The van der Waals surface area contributed by atoms with Crippen LogP contribution in [0.3, 0.4) is 0 Å². The Balaban J connectivity index is 1.66. The SMILES string of the molecule is CCCCCCCCOc1cccc(C[P+](c2ccccc2)(c2ccccc2)c2ccccc2F)c1. The van der Waals surface area contributed by atoms with Gasteiger partial charge >= 0.3 is 0 Å². The Bertz CT molecular complexity index is 1150. The zero-order chi connectivity index (χ0) is 25.1. The number of rotatable bonds is 13. The summed E-state index contributed by atoms with van der Waals surface area (Å²) < 4.78 is 21.7. The highest BCUT2D eigenvalue weighted by atomic mass is 31.2. The molecular weight excluding hydrogens is 462 g/mol. The van der Waals surface area contributed by atoms with Gasteiger partial charge in [0.1, 0.15) is 28.9 Å². The molecule has 0 aliphatic rings. The van der Waals surface area contributed by atoms with Crippen molar-refractivity contribution in [2.45, 2.75) is 51.6 Å². The molecule has 0 fully saturated rings. The lowest BCUT2D eigenvalue weighted by Gasteiger charge is -2.28. The van der Waals surface area contributed by atoms with Gasteiger partial charge in [0.05, 0.1) is 12.8 Å². The number of benzene rings is 4. The predicted octanol–water partition coefficient (Wildman–Crippen LogP) is 8.06. The zero-order valence-electron chi connectivity index (χ0n) is 21.3. The Hall–Kier alpha value is -2.96. The Labute approximate surface area is 216 Å². The van der Waals surface area contributed by atoms with Crippen molar-refractivity contribution < 1.29 is 9.13 Å². The fraction of sp³-hybridized carbons (Fsp3) is 0.273. The topological polar surface area (TPSA) is 9.23 Å². The van der Waals surface area contributed by atoms with Gasteiger partial charge in [-0.3, -0.25) is 0 Å². The van der Waals surface area contributed by atoms with E-state index in [-0.39, 0.29) is 5.82 Å². The number of hydrogen-bond donors (Lipinski definition) is 0. The molecular formula is C33H37FOP+. The summed E-state index contributed by atoms with van der Waals surface area (Å²) in [6.45, 7) is 2.98. The number of unbranched alkanes of at least 4 members (excludes halogenated alkanes) is 5. The fourth-order valence-electron chi connectivity index (χ4n) is 4.90. The third-order valence-electron chi connectivity index (χ3n) is 6.74. The fourth-order valence-corrected chi connectivity index (χ4v) is 9.18. The lowest BCUT2D eigenvalue weighted by atomic mass is 10.1. The minimum atomic E-state index is -2.31. The van der Waals surface area contributed by atoms with E-state index < -0.39 is 7.26 Å². The second kappa shape index (κ2) is 13.4. The van der Waals surface area contributed by atoms with Crippen molar-refractivity contribution in [2.75, 3.05) is 6.61 Å². The van der Waals surface area contributed by atoms with E-state index in [4.69, 9.17) is 4.74 Å². The van der Waals surface area contributed by atoms with Crippen LogP contribution in [0, 0.1) is 5.82 Å². The first kappa shape index (κ1) is 26.1. The normalized spacial score (nSPS) is 11.4. The van der Waals surface area contributed by atoms with Gasteiger partial charge in [-0.25, -0.2) is 4.39 Å². The molecule has 0 heterocycles. The molecule has 0 N–H and O–H groups in total. The van der Waals surface area contributed by atoms with E-state index in [0.29, 0.717) is 0 Å². The molecule has 0 spiro atoms. The molecule has 4 aromatic carbocycles. The van der Waals surface area contributed by atoms with Gasteiger partial charge in [0.25, 0.3) is 0 Å². The summed E-state index contributed by atoms with van der Waals surface area (Å²) in [7, 11) is -2.31. The van der Waals surface area contributed by atoms with Crippen LogP contribution in [0.25, 0.3) is 0 Å². The van der Waals surface area contributed by atoms with E-state index in [1.54, 1.807) is 12.1 Å². The van der Waals surface area contributed by atoms with Gasteiger partial charge in [-0.2, -0.15) is 0 Å². The lowest BCUT2D eigenvalue weighted by Crippen LogP contribution is -2.34. The van der Waals surface area contributed by atoms with Crippen molar-refractivity contribution in [3.05, 3.63) is 121 Å². The molecule has 4 aromatic rings. The summed E-state index contributed by atoms with van der Waals surface area (Å²) in [5, 5.41) is 3.15. The van der Waals surface area contributed by atoms with E-state index >= 15 is 4.39 Å². The molecule has 0 saturated heterocycles. The maximum Gasteiger partial charge on any atom is 0.166 e. The molecule has 4 rings (SSSR count). The average Bonchev–Trinajstić information content (AvgIpc) is 2.93. The van der Waals surface area contributed by atoms with Gasteiger partial charge < -0.3 is 4.74 Å². The molecule has 36 heavy (non-hydrogen) atoms. The van der Waals surface area contributed by atoms with Gasteiger partial charge in [0.2, 0.25) is 0 Å². The van der Waals surface area contributed by atoms with E-state index in [1.165, 1.54) is 48.3 Å². The molecule has 0 unspecified atom stereocenters. The van der Waals surface area contributed by atoms with Crippen LogP contribution < -0.4 is 20.7 Å². The minimum Gasteiger partial charge on any atom is -0.494 e. The first-order valence-corrected chi connectivity index (χ1v) is 15.2. The standard InChI is InChI=1S/C33H37FOP/c1-2-3-4-5-6-15-25-35-29-18-16-17-28(26-29)27-36(30-19-9-7-10-20-30,31-21-11-8-12-22-31)33-24-14-13-23-32(33)34/h7-14,16-24,26H,2-6,15,25,27H2,1H3/q+1. The van der Waals surface area contributed by atoms with Gasteiger partial charge in [-0.15, -0.1) is 0 Å². The van der Waals surface area contributed by atoms with Crippen LogP contribution in [-0.2, 0) is 6.16 Å². The molecule has 0 radical (unpaired) electrons. The summed E-state index contributed by atoms with van der Waals surface area (Å²) in [4.78, 5) is 0. The largest absolute Gasteiger partial charge is 0.494 e.